The molecular weight excluding hydrogens is 574 g/mol. The van der Waals surface area contributed by atoms with E-state index in [-0.39, 0.29) is 0 Å². The average molecular weight is 606 g/mol. The summed E-state index contributed by atoms with van der Waals surface area (Å²) in [5.74, 6) is 0. The van der Waals surface area contributed by atoms with Crippen molar-refractivity contribution in [2.24, 2.45) is 0 Å². The van der Waals surface area contributed by atoms with Crippen molar-refractivity contribution in [3.63, 3.8) is 0 Å². The summed E-state index contributed by atoms with van der Waals surface area (Å²) in [5, 5.41) is 14.5. The van der Waals surface area contributed by atoms with E-state index < -0.39 is 0 Å². The quantitative estimate of drug-likeness (QED) is 0.190. The Hall–Kier alpha value is -6.33. The smallest absolute Gasteiger partial charge is 0.0705 e. The fraction of sp³-hybridized carbons (Fsp3) is 0.0238. The monoisotopic (exact) mass is 605 g/mol. The number of rotatable bonds is 7. The van der Waals surface area contributed by atoms with E-state index in [1.165, 1.54) is 5.56 Å². The Morgan fingerprint density at radius 3 is 1.26 bits per heavy atom. The lowest BCUT2D eigenvalue weighted by atomic mass is 9.86. The number of hydrogen-bond acceptors (Lipinski definition) is 3. The molecule has 5 heteroatoms. The van der Waals surface area contributed by atoms with E-state index in [1.807, 2.05) is 37.1 Å². The molecule has 0 amide bonds. The van der Waals surface area contributed by atoms with Crippen LogP contribution >= 0.6 is 0 Å². The van der Waals surface area contributed by atoms with Crippen LogP contribution in [-0.4, -0.2) is 25.4 Å². The zero-order valence-electron chi connectivity index (χ0n) is 25.9. The highest BCUT2D eigenvalue weighted by Gasteiger charge is 2.17. The van der Waals surface area contributed by atoms with Gasteiger partial charge in [0.15, 0.2) is 0 Å². The third kappa shape index (κ3) is 5.45. The number of H-pyrrole nitrogens is 2. The molecule has 47 heavy (non-hydrogen) atoms. The lowest BCUT2D eigenvalue weighted by Crippen LogP contribution is -1.94. The molecule has 3 heterocycles. The van der Waals surface area contributed by atoms with E-state index in [0.29, 0.717) is 0 Å². The van der Waals surface area contributed by atoms with Crippen LogP contribution in [0.1, 0.15) is 5.56 Å². The summed E-state index contributed by atoms with van der Waals surface area (Å²) < 4.78 is 0. The first-order valence-electron chi connectivity index (χ1n) is 15.7. The maximum Gasteiger partial charge on any atom is 0.0705 e. The van der Waals surface area contributed by atoms with Crippen LogP contribution in [0.2, 0.25) is 0 Å². The Morgan fingerprint density at radius 2 is 0.809 bits per heavy atom. The van der Waals surface area contributed by atoms with Crippen molar-refractivity contribution < 1.29 is 0 Å². The molecule has 0 saturated heterocycles. The predicted molar refractivity (Wildman–Crippen MR) is 191 cm³/mol. The van der Waals surface area contributed by atoms with Gasteiger partial charge in [0.05, 0.1) is 18.1 Å². The van der Waals surface area contributed by atoms with Gasteiger partial charge in [-0.05, 0) is 86.8 Å². The van der Waals surface area contributed by atoms with E-state index >= 15 is 0 Å². The van der Waals surface area contributed by atoms with Crippen LogP contribution in [0.25, 0.3) is 78.0 Å². The molecule has 0 radical (unpaired) electrons. The van der Waals surface area contributed by atoms with Gasteiger partial charge in [-0.15, -0.1) is 0 Å². The molecule has 0 aliphatic carbocycles. The van der Waals surface area contributed by atoms with Crippen molar-refractivity contribution in [3.8, 4) is 78.0 Å². The van der Waals surface area contributed by atoms with Crippen LogP contribution < -0.4 is 0 Å². The third-order valence-corrected chi connectivity index (χ3v) is 8.74. The van der Waals surface area contributed by atoms with Crippen LogP contribution in [0, 0.1) is 6.92 Å². The standard InChI is InChI=1S/C42H31N5/c1-28-19-42(29-11-3-2-4-12-29)43-27-41(28)40-18-10-9-15-37(40)32-21-30(35-13-5-7-16-38(35)33-23-44-45-24-33)20-31(22-32)36-14-6-8-17-39(36)34-25-46-47-26-34/h2-27H,1H3,(H,44,45)(H,46,47). The van der Waals surface area contributed by atoms with Gasteiger partial charge in [-0.3, -0.25) is 15.2 Å². The summed E-state index contributed by atoms with van der Waals surface area (Å²) in [5.41, 5.74) is 16.7. The minimum Gasteiger partial charge on any atom is -0.285 e. The molecule has 0 aliphatic heterocycles. The minimum absolute atomic E-state index is 0.973. The molecule has 0 spiro atoms. The fourth-order valence-electron chi connectivity index (χ4n) is 6.44. The largest absolute Gasteiger partial charge is 0.285 e. The second kappa shape index (κ2) is 12.2. The van der Waals surface area contributed by atoms with E-state index in [9.17, 15) is 0 Å². The molecule has 5 aromatic carbocycles. The van der Waals surface area contributed by atoms with Crippen molar-refractivity contribution in [1.29, 1.82) is 0 Å². The Bertz CT molecular complexity index is 2210. The molecule has 0 aliphatic rings. The molecule has 3 aromatic heterocycles. The molecule has 0 unspecified atom stereocenters. The molecule has 8 aromatic rings. The topological polar surface area (TPSA) is 70.2 Å². The maximum atomic E-state index is 4.91. The Labute approximate surface area is 273 Å². The zero-order chi connectivity index (χ0) is 31.6. The average Bonchev–Trinajstić information content (AvgIpc) is 3.88. The number of aromatic amines is 2. The van der Waals surface area contributed by atoms with Gasteiger partial charge in [-0.1, -0.05) is 103 Å². The Balaban J connectivity index is 1.34. The van der Waals surface area contributed by atoms with E-state index in [1.54, 1.807) is 0 Å². The summed E-state index contributed by atoms with van der Waals surface area (Å²) >= 11 is 0. The van der Waals surface area contributed by atoms with Crippen molar-refractivity contribution >= 4 is 0 Å². The van der Waals surface area contributed by atoms with Gasteiger partial charge in [0.1, 0.15) is 0 Å². The van der Waals surface area contributed by atoms with Gasteiger partial charge in [0, 0.05) is 40.8 Å². The van der Waals surface area contributed by atoms with Crippen LogP contribution in [0.4, 0.5) is 0 Å². The van der Waals surface area contributed by atoms with Crippen LogP contribution in [0.15, 0.2) is 158 Å². The van der Waals surface area contributed by atoms with Crippen molar-refractivity contribution in [1.82, 2.24) is 25.4 Å². The molecule has 2 N–H and O–H groups in total. The van der Waals surface area contributed by atoms with Gasteiger partial charge in [0.25, 0.3) is 0 Å². The first-order chi connectivity index (χ1) is 23.2. The van der Waals surface area contributed by atoms with Gasteiger partial charge in [0.2, 0.25) is 0 Å². The van der Waals surface area contributed by atoms with E-state index in [0.717, 1.165) is 78.0 Å². The zero-order valence-corrected chi connectivity index (χ0v) is 25.9. The number of pyridine rings is 1. The molecule has 0 fully saturated rings. The number of nitrogens with zero attached hydrogens (tertiary/aromatic N) is 3. The number of aryl methyl sites for hydroxylation is 1. The second-order valence-electron chi connectivity index (χ2n) is 11.7. The van der Waals surface area contributed by atoms with Gasteiger partial charge in [-0.25, -0.2) is 0 Å². The van der Waals surface area contributed by atoms with E-state index in [4.69, 9.17) is 4.98 Å². The molecule has 224 valence electrons. The fourth-order valence-corrected chi connectivity index (χ4v) is 6.44. The minimum atomic E-state index is 0.973. The normalized spacial score (nSPS) is 11.1. The number of hydrogen-bond donors (Lipinski definition) is 2. The molecular formula is C42H31N5. The second-order valence-corrected chi connectivity index (χ2v) is 11.7. The Kier molecular flexibility index (Phi) is 7.32. The Morgan fingerprint density at radius 1 is 0.383 bits per heavy atom. The van der Waals surface area contributed by atoms with Gasteiger partial charge >= 0.3 is 0 Å². The van der Waals surface area contributed by atoms with Gasteiger partial charge < -0.3 is 0 Å². The molecule has 0 atom stereocenters. The lowest BCUT2D eigenvalue weighted by molar-refractivity contribution is 1.09. The van der Waals surface area contributed by atoms with Crippen molar-refractivity contribution in [2.45, 2.75) is 6.92 Å². The summed E-state index contributed by atoms with van der Waals surface area (Å²) in [6, 6.07) is 45.1. The number of aromatic nitrogens is 5. The summed E-state index contributed by atoms with van der Waals surface area (Å²) in [4.78, 5) is 4.91. The highest BCUT2D eigenvalue weighted by Crippen LogP contribution is 2.42. The van der Waals surface area contributed by atoms with Gasteiger partial charge in [-0.2, -0.15) is 10.2 Å². The molecule has 0 saturated carbocycles. The third-order valence-electron chi connectivity index (χ3n) is 8.74. The predicted octanol–water partition coefficient (Wildman–Crippen LogP) is 10.5. The lowest BCUT2D eigenvalue weighted by Gasteiger charge is -2.18. The van der Waals surface area contributed by atoms with E-state index in [2.05, 4.69) is 149 Å². The van der Waals surface area contributed by atoms with Crippen LogP contribution in [0.3, 0.4) is 0 Å². The first kappa shape index (κ1) is 28.2. The first-order valence-corrected chi connectivity index (χ1v) is 15.7. The number of benzene rings is 5. The summed E-state index contributed by atoms with van der Waals surface area (Å²) in [6.07, 6.45) is 9.66. The molecule has 5 nitrogen and oxygen atoms in total. The van der Waals surface area contributed by atoms with Crippen LogP contribution in [-0.2, 0) is 0 Å². The summed E-state index contributed by atoms with van der Waals surface area (Å²) in [7, 11) is 0. The summed E-state index contributed by atoms with van der Waals surface area (Å²) in [6.45, 7) is 2.17. The molecule has 0 bridgehead atoms. The van der Waals surface area contributed by atoms with Crippen molar-refractivity contribution in [2.75, 3.05) is 0 Å². The molecule has 8 rings (SSSR count). The van der Waals surface area contributed by atoms with Crippen LogP contribution in [0.5, 0.6) is 0 Å². The highest BCUT2D eigenvalue weighted by atomic mass is 15.1. The SMILES string of the molecule is Cc1cc(-c2ccccc2)ncc1-c1ccccc1-c1cc(-c2ccccc2-c2cn[nH]c2)cc(-c2ccccc2-c2cn[nH]c2)c1. The highest BCUT2D eigenvalue weighted by molar-refractivity contribution is 5.94. The number of nitrogens with one attached hydrogen (secondary N) is 2. The maximum absolute atomic E-state index is 4.91. The van der Waals surface area contributed by atoms with Crippen molar-refractivity contribution in [3.05, 3.63) is 164 Å².